The van der Waals surface area contributed by atoms with Crippen molar-refractivity contribution in [3.05, 3.63) is 58.2 Å². The third-order valence-corrected chi connectivity index (χ3v) is 7.00. The van der Waals surface area contributed by atoms with Crippen molar-refractivity contribution in [3.63, 3.8) is 0 Å². The molecule has 0 saturated carbocycles. The number of carbonyl (C=O) groups excluding carboxylic acids is 1. The van der Waals surface area contributed by atoms with E-state index in [1.54, 1.807) is 0 Å². The van der Waals surface area contributed by atoms with Gasteiger partial charge in [0.15, 0.2) is 0 Å². The zero-order chi connectivity index (χ0) is 21.8. The monoisotopic (exact) mass is 420 g/mol. The molecule has 0 aliphatic carbocycles. The van der Waals surface area contributed by atoms with Crippen LogP contribution in [0.3, 0.4) is 0 Å². The number of nitrogens with zero attached hydrogens (tertiary/aromatic N) is 4. The first kappa shape index (κ1) is 21.9. The summed E-state index contributed by atoms with van der Waals surface area (Å²) in [6, 6.07) is 8.66. The van der Waals surface area contributed by atoms with Crippen LogP contribution in [0.15, 0.2) is 24.3 Å². The molecule has 4 rings (SSSR count). The highest BCUT2D eigenvalue weighted by Crippen LogP contribution is 2.27. The van der Waals surface area contributed by atoms with Crippen molar-refractivity contribution in [2.45, 2.75) is 71.8 Å². The fraction of sp³-hybridized carbons (Fsp3) is 0.577. The summed E-state index contributed by atoms with van der Waals surface area (Å²) in [5.74, 6) is 1.55. The van der Waals surface area contributed by atoms with Gasteiger partial charge in [0.25, 0.3) is 0 Å². The second kappa shape index (κ2) is 9.90. The lowest BCUT2D eigenvalue weighted by Crippen LogP contribution is -2.37. The molecule has 0 radical (unpaired) electrons. The largest absolute Gasteiger partial charge is 0.342 e. The molecule has 1 amide bonds. The third-order valence-electron chi connectivity index (χ3n) is 7.00. The second-order valence-electron chi connectivity index (χ2n) is 9.35. The van der Waals surface area contributed by atoms with E-state index in [1.165, 1.54) is 24.0 Å². The number of aromatic nitrogens is 2. The first-order valence-electron chi connectivity index (χ1n) is 11.9. The number of aryl methyl sites for hydroxylation is 3. The Bertz CT molecular complexity index is 896. The van der Waals surface area contributed by atoms with E-state index in [1.807, 2.05) is 18.7 Å². The van der Waals surface area contributed by atoms with Crippen molar-refractivity contribution < 1.29 is 4.79 Å². The third kappa shape index (κ3) is 5.32. The molecule has 0 unspecified atom stereocenters. The van der Waals surface area contributed by atoms with Gasteiger partial charge in [-0.1, -0.05) is 24.3 Å². The maximum atomic E-state index is 12.8. The van der Waals surface area contributed by atoms with Gasteiger partial charge in [-0.3, -0.25) is 9.69 Å². The van der Waals surface area contributed by atoms with Gasteiger partial charge in [-0.15, -0.1) is 0 Å². The minimum Gasteiger partial charge on any atom is -0.342 e. The smallest absolute Gasteiger partial charge is 0.227 e. The van der Waals surface area contributed by atoms with Crippen molar-refractivity contribution in [1.29, 1.82) is 0 Å². The van der Waals surface area contributed by atoms with Gasteiger partial charge in [0.2, 0.25) is 5.91 Å². The normalized spacial score (nSPS) is 20.1. The lowest BCUT2D eigenvalue weighted by atomic mass is 9.95. The van der Waals surface area contributed by atoms with Crippen LogP contribution in [0.25, 0.3) is 0 Å². The predicted octanol–water partition coefficient (Wildman–Crippen LogP) is 4.34. The highest BCUT2D eigenvalue weighted by atomic mass is 16.2. The quantitative estimate of drug-likeness (QED) is 0.722. The Morgan fingerprint density at radius 1 is 0.968 bits per heavy atom. The highest BCUT2D eigenvalue weighted by Gasteiger charge is 2.26. The number of piperidine rings is 2. The van der Waals surface area contributed by atoms with Gasteiger partial charge < -0.3 is 4.90 Å². The molecule has 5 heteroatoms. The van der Waals surface area contributed by atoms with Gasteiger partial charge in [-0.2, -0.15) is 0 Å². The van der Waals surface area contributed by atoms with Gasteiger partial charge in [-0.25, -0.2) is 9.97 Å². The highest BCUT2D eigenvalue weighted by molar-refractivity contribution is 5.79. The molecule has 2 aromatic rings. The van der Waals surface area contributed by atoms with Crippen molar-refractivity contribution in [1.82, 2.24) is 19.8 Å². The number of hydrogen-bond donors (Lipinski definition) is 0. The van der Waals surface area contributed by atoms with E-state index in [-0.39, 0.29) is 5.91 Å². The molecule has 2 saturated heterocycles. The summed E-state index contributed by atoms with van der Waals surface area (Å²) in [4.78, 5) is 27.1. The molecule has 5 nitrogen and oxygen atoms in total. The first-order chi connectivity index (χ1) is 15.0. The van der Waals surface area contributed by atoms with Crippen LogP contribution in [0, 0.1) is 20.8 Å². The summed E-state index contributed by atoms with van der Waals surface area (Å²) in [5.41, 5.74) is 5.73. The second-order valence-corrected chi connectivity index (χ2v) is 9.35. The molecule has 0 N–H and O–H groups in total. The lowest BCUT2D eigenvalue weighted by Gasteiger charge is -2.32. The van der Waals surface area contributed by atoms with E-state index < -0.39 is 0 Å². The number of rotatable bonds is 5. The molecule has 2 aliphatic heterocycles. The summed E-state index contributed by atoms with van der Waals surface area (Å²) < 4.78 is 0. The van der Waals surface area contributed by atoms with Crippen LogP contribution in [0.1, 0.15) is 71.9 Å². The van der Waals surface area contributed by atoms with Crippen molar-refractivity contribution in [2.75, 3.05) is 26.2 Å². The van der Waals surface area contributed by atoms with Crippen LogP contribution >= 0.6 is 0 Å². The molecule has 166 valence electrons. The number of benzene rings is 1. The molecular weight excluding hydrogens is 384 g/mol. The molecule has 1 aromatic heterocycles. The Labute approximate surface area is 186 Å². The van der Waals surface area contributed by atoms with Crippen LogP contribution in [0.4, 0.5) is 0 Å². The molecular formula is C26H36N4O. The molecule has 3 heterocycles. The van der Waals surface area contributed by atoms with Crippen LogP contribution in [-0.2, 0) is 17.8 Å². The fourth-order valence-electron chi connectivity index (χ4n) is 5.05. The molecule has 2 aliphatic rings. The van der Waals surface area contributed by atoms with Gasteiger partial charge in [-0.05, 0) is 70.5 Å². The number of carbonyl (C=O) groups is 1. The summed E-state index contributed by atoms with van der Waals surface area (Å²) in [6.45, 7) is 11.2. The van der Waals surface area contributed by atoms with Crippen LogP contribution < -0.4 is 0 Å². The predicted molar refractivity (Wildman–Crippen MR) is 124 cm³/mol. The van der Waals surface area contributed by atoms with E-state index in [9.17, 15) is 4.79 Å². The van der Waals surface area contributed by atoms with Gasteiger partial charge >= 0.3 is 0 Å². The van der Waals surface area contributed by atoms with E-state index in [4.69, 9.17) is 9.97 Å². The minimum atomic E-state index is 0.226. The Kier molecular flexibility index (Phi) is 7.01. The number of likely N-dealkylation sites (tertiary alicyclic amines) is 2. The summed E-state index contributed by atoms with van der Waals surface area (Å²) in [7, 11) is 0. The van der Waals surface area contributed by atoms with E-state index in [2.05, 4.69) is 36.1 Å². The lowest BCUT2D eigenvalue weighted by molar-refractivity contribution is -0.131. The first-order valence-corrected chi connectivity index (χ1v) is 11.9. The van der Waals surface area contributed by atoms with E-state index >= 15 is 0 Å². The Morgan fingerprint density at radius 2 is 1.68 bits per heavy atom. The van der Waals surface area contributed by atoms with Crippen molar-refractivity contribution in [3.8, 4) is 0 Å². The Balaban J connectivity index is 1.44. The number of hydrogen-bond acceptors (Lipinski definition) is 4. The van der Waals surface area contributed by atoms with Crippen LogP contribution in [-0.4, -0.2) is 51.9 Å². The maximum Gasteiger partial charge on any atom is 0.227 e. The Hall–Kier alpha value is -2.27. The zero-order valence-corrected chi connectivity index (χ0v) is 19.4. The van der Waals surface area contributed by atoms with Gasteiger partial charge in [0.05, 0.1) is 6.42 Å². The van der Waals surface area contributed by atoms with Gasteiger partial charge in [0, 0.05) is 49.0 Å². The minimum absolute atomic E-state index is 0.226. The zero-order valence-electron chi connectivity index (χ0n) is 19.4. The summed E-state index contributed by atoms with van der Waals surface area (Å²) in [6.07, 6.45) is 6.23. The average Bonchev–Trinajstić information content (AvgIpc) is 2.78. The van der Waals surface area contributed by atoms with E-state index in [0.717, 1.165) is 74.8 Å². The van der Waals surface area contributed by atoms with Crippen LogP contribution in [0.2, 0.25) is 0 Å². The maximum absolute atomic E-state index is 12.8. The average molecular weight is 421 g/mol. The molecule has 0 spiro atoms. The molecule has 1 aromatic carbocycles. The molecule has 2 fully saturated rings. The molecule has 31 heavy (non-hydrogen) atoms. The fourth-order valence-corrected chi connectivity index (χ4v) is 5.05. The topological polar surface area (TPSA) is 49.3 Å². The SMILES string of the molecule is Cc1ccccc1CN1CCC[C@@H](c2nc(C)c(CC(=O)N3CCCCC3)c(C)n2)C1. The summed E-state index contributed by atoms with van der Waals surface area (Å²) in [5, 5.41) is 0. The van der Waals surface area contributed by atoms with E-state index in [0.29, 0.717) is 12.3 Å². The Morgan fingerprint density at radius 3 is 2.39 bits per heavy atom. The van der Waals surface area contributed by atoms with Crippen LogP contribution in [0.5, 0.6) is 0 Å². The van der Waals surface area contributed by atoms with Crippen molar-refractivity contribution >= 4 is 5.91 Å². The summed E-state index contributed by atoms with van der Waals surface area (Å²) >= 11 is 0. The van der Waals surface area contributed by atoms with Gasteiger partial charge in [0.1, 0.15) is 5.82 Å². The van der Waals surface area contributed by atoms with Crippen molar-refractivity contribution in [2.24, 2.45) is 0 Å². The standard InChI is InChI=1S/C26H36N4O/c1-19-10-5-6-11-22(19)17-29-13-9-12-23(18-29)26-27-20(2)24(21(3)28-26)16-25(31)30-14-7-4-8-15-30/h5-6,10-11,23H,4,7-9,12-18H2,1-3H3/t23-/m1/s1. The molecule has 1 atom stereocenters. The molecule has 0 bridgehead atoms. The number of amides is 1.